The second-order valence-corrected chi connectivity index (χ2v) is 5.80. The summed E-state index contributed by atoms with van der Waals surface area (Å²) < 4.78 is 0. The first-order valence-corrected chi connectivity index (χ1v) is 7.26. The van der Waals surface area contributed by atoms with Gasteiger partial charge in [-0.2, -0.15) is 0 Å². The first kappa shape index (κ1) is 12.4. The predicted octanol–water partition coefficient (Wildman–Crippen LogP) is 2.59. The van der Waals surface area contributed by atoms with Gasteiger partial charge in [-0.1, -0.05) is 20.3 Å². The van der Waals surface area contributed by atoms with Crippen molar-refractivity contribution in [2.45, 2.75) is 52.0 Å². The molecule has 2 nitrogen and oxygen atoms in total. The van der Waals surface area contributed by atoms with E-state index in [4.69, 9.17) is 0 Å². The lowest BCUT2D eigenvalue weighted by molar-refractivity contribution is 0.171. The molecular formula is C14H28N2. The zero-order chi connectivity index (χ0) is 11.4. The number of nitrogens with zero attached hydrogens (tertiary/aromatic N) is 2. The molecule has 0 bridgehead atoms. The Morgan fingerprint density at radius 3 is 2.50 bits per heavy atom. The minimum atomic E-state index is 0.875. The minimum absolute atomic E-state index is 0.875. The van der Waals surface area contributed by atoms with Crippen LogP contribution in [0.5, 0.6) is 0 Å². The highest BCUT2D eigenvalue weighted by Crippen LogP contribution is 2.24. The second kappa shape index (κ2) is 6.02. The molecule has 0 aromatic rings. The lowest BCUT2D eigenvalue weighted by atomic mass is 10.1. The molecule has 2 saturated heterocycles. The van der Waals surface area contributed by atoms with E-state index in [1.54, 1.807) is 0 Å². The molecule has 0 N–H and O–H groups in total. The topological polar surface area (TPSA) is 6.48 Å². The van der Waals surface area contributed by atoms with Crippen LogP contribution in [0.25, 0.3) is 0 Å². The summed E-state index contributed by atoms with van der Waals surface area (Å²) in [5.41, 5.74) is 0. The molecule has 0 saturated carbocycles. The Hall–Kier alpha value is -0.0800. The van der Waals surface area contributed by atoms with Crippen LogP contribution < -0.4 is 0 Å². The van der Waals surface area contributed by atoms with Gasteiger partial charge in [-0.3, -0.25) is 4.90 Å². The number of hydrogen-bond donors (Lipinski definition) is 0. The molecule has 0 unspecified atom stereocenters. The monoisotopic (exact) mass is 224 g/mol. The van der Waals surface area contributed by atoms with Crippen LogP contribution in [-0.2, 0) is 0 Å². The van der Waals surface area contributed by atoms with Crippen LogP contribution in [0.3, 0.4) is 0 Å². The highest BCUT2D eigenvalue weighted by Gasteiger charge is 2.27. The molecular weight excluding hydrogens is 196 g/mol. The van der Waals surface area contributed by atoms with Crippen molar-refractivity contribution in [1.29, 1.82) is 0 Å². The number of hydrogen-bond acceptors (Lipinski definition) is 2. The van der Waals surface area contributed by atoms with E-state index in [0.29, 0.717) is 0 Å². The van der Waals surface area contributed by atoms with E-state index in [-0.39, 0.29) is 0 Å². The molecule has 2 heteroatoms. The smallest absolute Gasteiger partial charge is 0.0112 e. The summed E-state index contributed by atoms with van der Waals surface area (Å²) in [7, 11) is 0. The van der Waals surface area contributed by atoms with Gasteiger partial charge in [0.2, 0.25) is 0 Å². The minimum Gasteiger partial charge on any atom is -0.302 e. The fourth-order valence-electron chi connectivity index (χ4n) is 3.39. The second-order valence-electron chi connectivity index (χ2n) is 5.80. The van der Waals surface area contributed by atoms with Crippen molar-refractivity contribution in [3.63, 3.8) is 0 Å². The van der Waals surface area contributed by atoms with Crippen LogP contribution in [0.2, 0.25) is 0 Å². The molecule has 0 amide bonds. The largest absolute Gasteiger partial charge is 0.302 e. The van der Waals surface area contributed by atoms with E-state index in [0.717, 1.165) is 12.0 Å². The van der Waals surface area contributed by atoms with Crippen LogP contribution in [0.4, 0.5) is 0 Å². The van der Waals surface area contributed by atoms with Crippen molar-refractivity contribution in [3.8, 4) is 0 Å². The zero-order valence-electron chi connectivity index (χ0n) is 11.1. The van der Waals surface area contributed by atoms with Gasteiger partial charge in [-0.15, -0.1) is 0 Å². The Morgan fingerprint density at radius 2 is 1.81 bits per heavy atom. The molecule has 94 valence electrons. The van der Waals surface area contributed by atoms with E-state index >= 15 is 0 Å². The number of likely N-dealkylation sites (tertiary alicyclic amines) is 2. The van der Waals surface area contributed by atoms with E-state index in [1.807, 2.05) is 0 Å². The third-order valence-electron chi connectivity index (χ3n) is 4.36. The standard InChI is InChI=1S/C14H28N2/c1-3-14-11-13(2)12-16(14)10-9-15-7-5-4-6-8-15/h13-14H,3-12H2,1-2H3/t13-,14-/m0/s1. The summed E-state index contributed by atoms with van der Waals surface area (Å²) in [5.74, 6) is 0.923. The third-order valence-corrected chi connectivity index (χ3v) is 4.36. The molecule has 2 heterocycles. The Kier molecular flexibility index (Phi) is 4.66. The SMILES string of the molecule is CC[C@H]1C[C@H](C)CN1CCN1CCCCC1. The Labute approximate surface area is 101 Å². The van der Waals surface area contributed by atoms with Gasteiger partial charge < -0.3 is 4.90 Å². The van der Waals surface area contributed by atoms with Crippen molar-refractivity contribution in [2.75, 3.05) is 32.7 Å². The van der Waals surface area contributed by atoms with Crippen LogP contribution in [0.15, 0.2) is 0 Å². The molecule has 0 aromatic heterocycles. The van der Waals surface area contributed by atoms with Crippen molar-refractivity contribution in [3.05, 3.63) is 0 Å². The zero-order valence-corrected chi connectivity index (χ0v) is 11.1. The van der Waals surface area contributed by atoms with Crippen molar-refractivity contribution < 1.29 is 0 Å². The van der Waals surface area contributed by atoms with Gasteiger partial charge in [0.05, 0.1) is 0 Å². The fraction of sp³-hybridized carbons (Fsp3) is 1.00. The van der Waals surface area contributed by atoms with Crippen molar-refractivity contribution in [2.24, 2.45) is 5.92 Å². The van der Waals surface area contributed by atoms with Crippen molar-refractivity contribution >= 4 is 0 Å². The van der Waals surface area contributed by atoms with Crippen LogP contribution in [0, 0.1) is 5.92 Å². The number of piperidine rings is 1. The molecule has 0 aliphatic carbocycles. The van der Waals surface area contributed by atoms with Gasteiger partial charge >= 0.3 is 0 Å². The van der Waals surface area contributed by atoms with Crippen LogP contribution >= 0.6 is 0 Å². The van der Waals surface area contributed by atoms with Gasteiger partial charge in [0.1, 0.15) is 0 Å². The maximum absolute atomic E-state index is 2.74. The fourth-order valence-corrected chi connectivity index (χ4v) is 3.39. The van der Waals surface area contributed by atoms with Crippen molar-refractivity contribution in [1.82, 2.24) is 9.80 Å². The van der Waals surface area contributed by atoms with E-state index in [2.05, 4.69) is 23.6 Å². The molecule has 2 rings (SSSR count). The Morgan fingerprint density at radius 1 is 1.06 bits per heavy atom. The number of rotatable bonds is 4. The first-order valence-electron chi connectivity index (χ1n) is 7.26. The van der Waals surface area contributed by atoms with E-state index in [1.165, 1.54) is 64.8 Å². The molecule has 2 atom stereocenters. The molecule has 16 heavy (non-hydrogen) atoms. The quantitative estimate of drug-likeness (QED) is 0.724. The predicted molar refractivity (Wildman–Crippen MR) is 69.7 cm³/mol. The molecule has 2 aliphatic heterocycles. The van der Waals surface area contributed by atoms with Gasteiger partial charge in [-0.25, -0.2) is 0 Å². The Bertz CT molecular complexity index is 199. The van der Waals surface area contributed by atoms with E-state index in [9.17, 15) is 0 Å². The van der Waals surface area contributed by atoms with Gasteiger partial charge in [0.15, 0.2) is 0 Å². The third kappa shape index (κ3) is 3.21. The van der Waals surface area contributed by atoms with Gasteiger partial charge in [0.25, 0.3) is 0 Å². The van der Waals surface area contributed by atoms with Gasteiger partial charge in [-0.05, 0) is 44.7 Å². The molecule has 2 aliphatic rings. The molecule has 0 spiro atoms. The summed E-state index contributed by atoms with van der Waals surface area (Å²) in [6.07, 6.45) is 7.07. The van der Waals surface area contributed by atoms with E-state index < -0.39 is 0 Å². The maximum Gasteiger partial charge on any atom is 0.0112 e. The highest BCUT2D eigenvalue weighted by atomic mass is 15.2. The summed E-state index contributed by atoms with van der Waals surface area (Å²) in [6, 6.07) is 0.875. The summed E-state index contributed by atoms with van der Waals surface area (Å²) in [5, 5.41) is 0. The summed E-state index contributed by atoms with van der Waals surface area (Å²) in [6.45, 7) is 11.4. The average Bonchev–Trinajstić information content (AvgIpc) is 2.68. The molecule has 0 radical (unpaired) electrons. The summed E-state index contributed by atoms with van der Waals surface area (Å²) >= 11 is 0. The Balaban J connectivity index is 1.71. The molecule has 2 fully saturated rings. The van der Waals surface area contributed by atoms with Crippen LogP contribution in [-0.4, -0.2) is 48.6 Å². The lowest BCUT2D eigenvalue weighted by Crippen LogP contribution is -2.39. The molecule has 0 aromatic carbocycles. The van der Waals surface area contributed by atoms with Gasteiger partial charge in [0, 0.05) is 25.7 Å². The summed E-state index contributed by atoms with van der Waals surface area (Å²) in [4.78, 5) is 5.40. The normalized spacial score (nSPS) is 33.4. The lowest BCUT2D eigenvalue weighted by Gasteiger charge is -2.30. The maximum atomic E-state index is 2.74. The highest BCUT2D eigenvalue weighted by molar-refractivity contribution is 4.83. The first-order chi connectivity index (χ1) is 7.79. The van der Waals surface area contributed by atoms with Crippen LogP contribution in [0.1, 0.15) is 46.0 Å². The average molecular weight is 224 g/mol.